The summed E-state index contributed by atoms with van der Waals surface area (Å²) in [6.07, 6.45) is 0. The molecule has 0 aliphatic rings. The number of rotatable bonds is 3. The van der Waals surface area contributed by atoms with E-state index in [1.54, 1.807) is 11.3 Å². The fraction of sp³-hybridized carbons (Fsp3) is 0.167. The van der Waals surface area contributed by atoms with Gasteiger partial charge in [0, 0.05) is 21.6 Å². The first-order valence-corrected chi connectivity index (χ1v) is 7.29. The van der Waals surface area contributed by atoms with Crippen LogP contribution >= 0.6 is 43.2 Å². The Morgan fingerprint density at radius 3 is 2.62 bits per heavy atom. The van der Waals surface area contributed by atoms with Gasteiger partial charge >= 0.3 is 0 Å². The molecule has 0 amide bonds. The zero-order valence-corrected chi connectivity index (χ0v) is 12.7. The Bertz CT molecular complexity index is 473. The Hall–Kier alpha value is -0.320. The van der Waals surface area contributed by atoms with Crippen molar-refractivity contribution in [2.45, 2.75) is 13.5 Å². The van der Waals surface area contributed by atoms with Gasteiger partial charge in [-0.1, -0.05) is 15.9 Å². The number of hydrogen-bond donors (Lipinski definition) is 1. The van der Waals surface area contributed by atoms with Crippen molar-refractivity contribution < 1.29 is 0 Å². The minimum Gasteiger partial charge on any atom is -0.380 e. The van der Waals surface area contributed by atoms with Crippen LogP contribution in [0.5, 0.6) is 0 Å². The fourth-order valence-electron chi connectivity index (χ4n) is 1.47. The van der Waals surface area contributed by atoms with Gasteiger partial charge in [0.1, 0.15) is 0 Å². The van der Waals surface area contributed by atoms with Crippen LogP contribution in [0, 0.1) is 6.92 Å². The molecule has 0 bridgehead atoms. The molecule has 1 aromatic heterocycles. The molecule has 16 heavy (non-hydrogen) atoms. The number of hydrogen-bond acceptors (Lipinski definition) is 2. The van der Waals surface area contributed by atoms with E-state index >= 15 is 0 Å². The third-order valence-electron chi connectivity index (χ3n) is 2.14. The summed E-state index contributed by atoms with van der Waals surface area (Å²) in [4.78, 5) is 1.32. The number of halogens is 2. The summed E-state index contributed by atoms with van der Waals surface area (Å²) in [5, 5.41) is 3.42. The molecule has 0 saturated heterocycles. The molecule has 0 aliphatic carbocycles. The Balaban J connectivity index is 2.04. The van der Waals surface area contributed by atoms with Crippen molar-refractivity contribution in [2.24, 2.45) is 0 Å². The van der Waals surface area contributed by atoms with E-state index in [0.717, 1.165) is 16.7 Å². The van der Waals surface area contributed by atoms with Gasteiger partial charge in [0.15, 0.2) is 0 Å². The lowest BCUT2D eigenvalue weighted by Crippen LogP contribution is -1.97. The molecular weight excluding hydrogens is 350 g/mol. The standard InChI is InChI=1S/C12H11Br2NS/c1-8-4-9(13)6-10(5-8)15-7-11-2-3-12(14)16-11/h2-6,15H,7H2,1H3. The highest BCUT2D eigenvalue weighted by atomic mass is 79.9. The smallest absolute Gasteiger partial charge is 0.0702 e. The van der Waals surface area contributed by atoms with Crippen molar-refractivity contribution in [3.8, 4) is 0 Å². The highest BCUT2D eigenvalue weighted by Crippen LogP contribution is 2.24. The zero-order valence-electron chi connectivity index (χ0n) is 8.76. The van der Waals surface area contributed by atoms with Gasteiger partial charge in [0.05, 0.1) is 3.79 Å². The van der Waals surface area contributed by atoms with Gasteiger partial charge in [0.2, 0.25) is 0 Å². The van der Waals surface area contributed by atoms with E-state index in [0.29, 0.717) is 0 Å². The first-order valence-electron chi connectivity index (χ1n) is 4.89. The molecule has 2 aromatic rings. The lowest BCUT2D eigenvalue weighted by atomic mass is 10.2. The molecule has 1 nitrogen and oxygen atoms in total. The van der Waals surface area contributed by atoms with Gasteiger partial charge in [-0.2, -0.15) is 0 Å². The molecule has 0 unspecified atom stereocenters. The second kappa shape index (κ2) is 5.34. The quantitative estimate of drug-likeness (QED) is 0.793. The second-order valence-electron chi connectivity index (χ2n) is 3.58. The first-order chi connectivity index (χ1) is 7.63. The summed E-state index contributed by atoms with van der Waals surface area (Å²) in [6.45, 7) is 2.96. The topological polar surface area (TPSA) is 12.0 Å². The van der Waals surface area contributed by atoms with E-state index in [-0.39, 0.29) is 0 Å². The Morgan fingerprint density at radius 2 is 2.00 bits per heavy atom. The van der Waals surface area contributed by atoms with E-state index in [4.69, 9.17) is 0 Å². The van der Waals surface area contributed by atoms with E-state index in [2.05, 4.69) is 74.4 Å². The van der Waals surface area contributed by atoms with Crippen molar-refractivity contribution in [3.63, 3.8) is 0 Å². The Morgan fingerprint density at radius 1 is 1.19 bits per heavy atom. The van der Waals surface area contributed by atoms with E-state index < -0.39 is 0 Å². The fourth-order valence-corrected chi connectivity index (χ4v) is 3.50. The monoisotopic (exact) mass is 359 g/mol. The summed E-state index contributed by atoms with van der Waals surface area (Å²) in [5.74, 6) is 0. The third-order valence-corrected chi connectivity index (χ3v) is 4.22. The summed E-state index contributed by atoms with van der Waals surface area (Å²) in [6, 6.07) is 10.6. The summed E-state index contributed by atoms with van der Waals surface area (Å²) >= 11 is 8.72. The van der Waals surface area contributed by atoms with Crippen LogP contribution in [0.2, 0.25) is 0 Å². The van der Waals surface area contributed by atoms with E-state index in [9.17, 15) is 0 Å². The van der Waals surface area contributed by atoms with Gasteiger partial charge in [-0.05, 0) is 58.7 Å². The largest absolute Gasteiger partial charge is 0.380 e. The zero-order chi connectivity index (χ0) is 11.5. The number of anilines is 1. The number of nitrogens with one attached hydrogen (secondary N) is 1. The maximum atomic E-state index is 3.50. The molecular formula is C12H11Br2NS. The summed E-state index contributed by atoms with van der Waals surface area (Å²) < 4.78 is 2.29. The predicted octanol–water partition coefficient (Wildman–Crippen LogP) is 5.19. The lowest BCUT2D eigenvalue weighted by molar-refractivity contribution is 1.19. The van der Waals surface area contributed by atoms with Crippen LogP contribution in [0.1, 0.15) is 10.4 Å². The van der Waals surface area contributed by atoms with E-state index in [1.807, 2.05) is 0 Å². The Kier molecular flexibility index (Phi) is 4.05. The third kappa shape index (κ3) is 3.34. The van der Waals surface area contributed by atoms with Crippen molar-refractivity contribution in [2.75, 3.05) is 5.32 Å². The van der Waals surface area contributed by atoms with Crippen LogP contribution in [0.15, 0.2) is 38.6 Å². The van der Waals surface area contributed by atoms with Crippen molar-refractivity contribution in [1.82, 2.24) is 0 Å². The van der Waals surface area contributed by atoms with E-state index in [1.165, 1.54) is 14.2 Å². The number of thiophene rings is 1. The van der Waals surface area contributed by atoms with Gasteiger partial charge in [-0.3, -0.25) is 0 Å². The van der Waals surface area contributed by atoms with Crippen molar-refractivity contribution >= 4 is 48.9 Å². The van der Waals surface area contributed by atoms with Crippen LogP contribution in [0.4, 0.5) is 5.69 Å². The normalized spacial score (nSPS) is 10.4. The molecule has 4 heteroatoms. The summed E-state index contributed by atoms with van der Waals surface area (Å²) in [7, 11) is 0. The Labute approximate surface area is 116 Å². The van der Waals surface area contributed by atoms with Crippen LogP contribution in [0.25, 0.3) is 0 Å². The highest BCUT2D eigenvalue weighted by molar-refractivity contribution is 9.11. The molecule has 0 aliphatic heterocycles. The number of benzene rings is 1. The predicted molar refractivity (Wildman–Crippen MR) is 78.2 cm³/mol. The van der Waals surface area contributed by atoms with Crippen LogP contribution in [0.3, 0.4) is 0 Å². The van der Waals surface area contributed by atoms with Gasteiger partial charge < -0.3 is 5.32 Å². The molecule has 0 radical (unpaired) electrons. The van der Waals surface area contributed by atoms with Crippen LogP contribution in [-0.2, 0) is 6.54 Å². The minimum atomic E-state index is 0.867. The van der Waals surface area contributed by atoms with Gasteiger partial charge in [-0.25, -0.2) is 0 Å². The number of aryl methyl sites for hydroxylation is 1. The molecule has 1 heterocycles. The van der Waals surface area contributed by atoms with Gasteiger partial charge in [0.25, 0.3) is 0 Å². The molecule has 84 valence electrons. The SMILES string of the molecule is Cc1cc(Br)cc(NCc2ccc(Br)s2)c1. The summed E-state index contributed by atoms with van der Waals surface area (Å²) in [5.41, 5.74) is 2.40. The van der Waals surface area contributed by atoms with Crippen LogP contribution < -0.4 is 5.32 Å². The highest BCUT2D eigenvalue weighted by Gasteiger charge is 1.99. The average molecular weight is 361 g/mol. The second-order valence-corrected chi connectivity index (χ2v) is 7.04. The average Bonchev–Trinajstić information content (AvgIpc) is 2.60. The van der Waals surface area contributed by atoms with Crippen molar-refractivity contribution in [3.05, 3.63) is 49.0 Å². The molecule has 0 fully saturated rings. The molecule has 0 saturated carbocycles. The van der Waals surface area contributed by atoms with Gasteiger partial charge in [-0.15, -0.1) is 11.3 Å². The molecule has 2 rings (SSSR count). The maximum absolute atomic E-state index is 3.50. The lowest BCUT2D eigenvalue weighted by Gasteiger charge is -2.06. The molecule has 0 atom stereocenters. The van der Waals surface area contributed by atoms with Crippen molar-refractivity contribution in [1.29, 1.82) is 0 Å². The molecule has 1 aromatic carbocycles. The minimum absolute atomic E-state index is 0.867. The van der Waals surface area contributed by atoms with Crippen LogP contribution in [-0.4, -0.2) is 0 Å². The maximum Gasteiger partial charge on any atom is 0.0702 e. The first kappa shape index (κ1) is 12.1. The molecule has 1 N–H and O–H groups in total. The molecule has 0 spiro atoms.